The number of halogens is 1. The molecule has 0 aliphatic carbocycles. The van der Waals surface area contributed by atoms with Crippen LogP contribution in [0.5, 0.6) is 0 Å². The monoisotopic (exact) mass is 343 g/mol. The third-order valence-electron chi connectivity index (χ3n) is 4.29. The van der Waals surface area contributed by atoms with E-state index in [1.54, 1.807) is 23.1 Å². The van der Waals surface area contributed by atoms with Crippen LogP contribution in [0.1, 0.15) is 15.9 Å². The molecule has 0 bridgehead atoms. The minimum Gasteiger partial charge on any atom is -0.336 e. The topological polar surface area (TPSA) is 66.7 Å². The summed E-state index contributed by atoms with van der Waals surface area (Å²) in [6.45, 7) is 2.87. The minimum atomic E-state index is -0.534. The number of piperazine rings is 1. The van der Waals surface area contributed by atoms with Gasteiger partial charge in [0.1, 0.15) is 11.4 Å². The largest absolute Gasteiger partial charge is 0.336 e. The standard InChI is InChI=1S/C18H18FN3O3/c19-15-5-3-4-14(12-15)13-20-8-10-21(11-9-20)18(23)16-6-1-2-7-17(16)22(24)25/h1-7,12H,8-11,13H2. The smallest absolute Gasteiger partial charge is 0.282 e. The molecule has 0 atom stereocenters. The maximum Gasteiger partial charge on any atom is 0.282 e. The summed E-state index contributed by atoms with van der Waals surface area (Å²) in [5, 5.41) is 11.1. The molecule has 1 aliphatic rings. The Balaban J connectivity index is 1.62. The molecule has 0 aromatic heterocycles. The lowest BCUT2D eigenvalue weighted by Gasteiger charge is -2.34. The van der Waals surface area contributed by atoms with E-state index in [0.29, 0.717) is 32.7 Å². The van der Waals surface area contributed by atoms with E-state index < -0.39 is 4.92 Å². The Hall–Kier alpha value is -2.80. The van der Waals surface area contributed by atoms with Crippen LogP contribution in [-0.4, -0.2) is 46.8 Å². The SMILES string of the molecule is O=C(c1ccccc1[N+](=O)[O-])N1CCN(Cc2cccc(F)c2)CC1. The van der Waals surface area contributed by atoms with Crippen LogP contribution in [-0.2, 0) is 6.54 Å². The number of hydrogen-bond donors (Lipinski definition) is 0. The number of benzene rings is 2. The number of nitrogens with zero attached hydrogens (tertiary/aromatic N) is 3. The fourth-order valence-electron chi connectivity index (χ4n) is 2.99. The highest BCUT2D eigenvalue weighted by Gasteiger charge is 2.27. The van der Waals surface area contributed by atoms with Crippen molar-refractivity contribution in [1.82, 2.24) is 9.80 Å². The second-order valence-electron chi connectivity index (χ2n) is 5.97. The van der Waals surface area contributed by atoms with Crippen molar-refractivity contribution in [2.45, 2.75) is 6.54 Å². The van der Waals surface area contributed by atoms with E-state index in [1.165, 1.54) is 24.3 Å². The Kier molecular flexibility index (Phi) is 5.04. The summed E-state index contributed by atoms with van der Waals surface area (Å²) in [5.41, 5.74) is 0.833. The van der Waals surface area contributed by atoms with Gasteiger partial charge in [-0.2, -0.15) is 0 Å². The summed E-state index contributed by atoms with van der Waals surface area (Å²) < 4.78 is 13.3. The maximum absolute atomic E-state index is 13.3. The lowest BCUT2D eigenvalue weighted by molar-refractivity contribution is -0.385. The van der Waals surface area contributed by atoms with Crippen LogP contribution in [0.2, 0.25) is 0 Å². The minimum absolute atomic E-state index is 0.117. The van der Waals surface area contributed by atoms with Crippen LogP contribution in [0.3, 0.4) is 0 Å². The van der Waals surface area contributed by atoms with Crippen molar-refractivity contribution < 1.29 is 14.1 Å². The van der Waals surface area contributed by atoms with Gasteiger partial charge in [-0.1, -0.05) is 24.3 Å². The number of carbonyl (C=O) groups is 1. The van der Waals surface area contributed by atoms with Gasteiger partial charge in [0, 0.05) is 38.8 Å². The van der Waals surface area contributed by atoms with Crippen LogP contribution in [0.25, 0.3) is 0 Å². The van der Waals surface area contributed by atoms with E-state index in [2.05, 4.69) is 4.90 Å². The summed E-state index contributed by atoms with van der Waals surface area (Å²) in [4.78, 5) is 26.9. The van der Waals surface area contributed by atoms with Crippen LogP contribution in [0.4, 0.5) is 10.1 Å². The van der Waals surface area contributed by atoms with Gasteiger partial charge in [0.05, 0.1) is 4.92 Å². The van der Waals surface area contributed by atoms with Crippen LogP contribution in [0.15, 0.2) is 48.5 Å². The molecule has 2 aromatic carbocycles. The molecular formula is C18H18FN3O3. The molecule has 1 heterocycles. The summed E-state index contributed by atoms with van der Waals surface area (Å²) in [6.07, 6.45) is 0. The van der Waals surface area contributed by atoms with E-state index in [-0.39, 0.29) is 23.0 Å². The molecule has 0 radical (unpaired) electrons. The normalized spacial score (nSPS) is 15.2. The van der Waals surface area contributed by atoms with Crippen LogP contribution in [0, 0.1) is 15.9 Å². The van der Waals surface area contributed by atoms with Crippen molar-refractivity contribution >= 4 is 11.6 Å². The van der Waals surface area contributed by atoms with Crippen molar-refractivity contribution in [3.05, 3.63) is 75.6 Å². The molecule has 25 heavy (non-hydrogen) atoms. The molecule has 0 spiro atoms. The molecule has 0 N–H and O–H groups in total. The van der Waals surface area contributed by atoms with E-state index in [4.69, 9.17) is 0 Å². The number of hydrogen-bond acceptors (Lipinski definition) is 4. The van der Waals surface area contributed by atoms with Gasteiger partial charge >= 0.3 is 0 Å². The summed E-state index contributed by atoms with van der Waals surface area (Å²) in [6, 6.07) is 12.5. The molecule has 1 saturated heterocycles. The highest BCUT2D eigenvalue weighted by atomic mass is 19.1. The predicted molar refractivity (Wildman–Crippen MR) is 90.7 cm³/mol. The fourth-order valence-corrected chi connectivity index (χ4v) is 2.99. The van der Waals surface area contributed by atoms with Gasteiger partial charge in [-0.3, -0.25) is 19.8 Å². The maximum atomic E-state index is 13.3. The molecule has 0 unspecified atom stereocenters. The molecule has 0 saturated carbocycles. The first kappa shape index (κ1) is 17.0. The van der Waals surface area contributed by atoms with Gasteiger partial charge in [0.25, 0.3) is 11.6 Å². The summed E-state index contributed by atoms with van der Waals surface area (Å²) in [7, 11) is 0. The lowest BCUT2D eigenvalue weighted by Crippen LogP contribution is -2.48. The Bertz CT molecular complexity index is 789. The van der Waals surface area contributed by atoms with Gasteiger partial charge in [-0.25, -0.2) is 4.39 Å². The quantitative estimate of drug-likeness (QED) is 0.632. The first-order valence-corrected chi connectivity index (χ1v) is 8.04. The van der Waals surface area contributed by atoms with Crippen LogP contribution >= 0.6 is 0 Å². The average Bonchev–Trinajstić information content (AvgIpc) is 2.62. The van der Waals surface area contributed by atoms with Gasteiger partial charge in [0.15, 0.2) is 0 Å². The fraction of sp³-hybridized carbons (Fsp3) is 0.278. The number of carbonyl (C=O) groups excluding carboxylic acids is 1. The van der Waals surface area contributed by atoms with Crippen LogP contribution < -0.4 is 0 Å². The average molecular weight is 343 g/mol. The molecule has 3 rings (SSSR count). The van der Waals surface area contributed by atoms with Crippen molar-refractivity contribution in [3.63, 3.8) is 0 Å². The van der Waals surface area contributed by atoms with E-state index in [9.17, 15) is 19.3 Å². The summed E-state index contributed by atoms with van der Waals surface area (Å²) in [5.74, 6) is -0.583. The zero-order chi connectivity index (χ0) is 17.8. The molecule has 1 aliphatic heterocycles. The van der Waals surface area contributed by atoms with Gasteiger partial charge in [-0.05, 0) is 23.8 Å². The lowest BCUT2D eigenvalue weighted by atomic mass is 10.1. The third kappa shape index (κ3) is 4.00. The first-order valence-electron chi connectivity index (χ1n) is 8.04. The summed E-state index contributed by atoms with van der Waals surface area (Å²) >= 11 is 0. The Labute approximate surface area is 144 Å². The number of amides is 1. The molecule has 2 aromatic rings. The number of rotatable bonds is 4. The molecule has 6 nitrogen and oxygen atoms in total. The molecule has 130 valence electrons. The van der Waals surface area contributed by atoms with E-state index in [0.717, 1.165) is 5.56 Å². The van der Waals surface area contributed by atoms with Gasteiger partial charge in [-0.15, -0.1) is 0 Å². The third-order valence-corrected chi connectivity index (χ3v) is 4.29. The van der Waals surface area contributed by atoms with Crippen molar-refractivity contribution in [1.29, 1.82) is 0 Å². The van der Waals surface area contributed by atoms with E-state index in [1.807, 2.05) is 6.07 Å². The van der Waals surface area contributed by atoms with Gasteiger partial charge < -0.3 is 4.90 Å². The molecule has 1 fully saturated rings. The molecule has 1 amide bonds. The highest BCUT2D eigenvalue weighted by Crippen LogP contribution is 2.20. The first-order chi connectivity index (χ1) is 12.0. The number of nitro groups is 1. The Morgan fingerprint density at radius 2 is 1.80 bits per heavy atom. The Morgan fingerprint density at radius 1 is 1.08 bits per heavy atom. The highest BCUT2D eigenvalue weighted by molar-refractivity contribution is 5.98. The predicted octanol–water partition coefficient (Wildman–Crippen LogP) is 2.69. The second kappa shape index (κ2) is 7.40. The zero-order valence-electron chi connectivity index (χ0n) is 13.6. The number of para-hydroxylation sites is 1. The van der Waals surface area contributed by atoms with Crippen molar-refractivity contribution in [3.8, 4) is 0 Å². The molecular weight excluding hydrogens is 325 g/mol. The second-order valence-corrected chi connectivity index (χ2v) is 5.97. The Morgan fingerprint density at radius 3 is 2.48 bits per heavy atom. The van der Waals surface area contributed by atoms with Gasteiger partial charge in [0.2, 0.25) is 0 Å². The van der Waals surface area contributed by atoms with E-state index >= 15 is 0 Å². The van der Waals surface area contributed by atoms with Crippen molar-refractivity contribution in [2.75, 3.05) is 26.2 Å². The zero-order valence-corrected chi connectivity index (χ0v) is 13.6. The van der Waals surface area contributed by atoms with Crippen molar-refractivity contribution in [2.24, 2.45) is 0 Å². The number of nitro benzene ring substituents is 1. The molecule has 7 heteroatoms.